The van der Waals surface area contributed by atoms with Gasteiger partial charge >= 0.3 is 6.03 Å². The molecule has 0 unspecified atom stereocenters. The molecule has 2 rings (SSSR count). The molecule has 2 N–H and O–H groups in total. The lowest BCUT2D eigenvalue weighted by atomic mass is 10.0. The van der Waals surface area contributed by atoms with Crippen LogP contribution in [0.25, 0.3) is 0 Å². The third kappa shape index (κ3) is 5.15. The van der Waals surface area contributed by atoms with Gasteiger partial charge in [-0.1, -0.05) is 6.92 Å². The van der Waals surface area contributed by atoms with Crippen molar-refractivity contribution in [2.45, 2.75) is 45.6 Å². The first-order valence-corrected chi connectivity index (χ1v) is 8.49. The summed E-state index contributed by atoms with van der Waals surface area (Å²) in [6.45, 7) is 9.83. The molecule has 2 fully saturated rings. The first-order chi connectivity index (χ1) is 10.1. The minimum absolute atomic E-state index is 0.0326. The Morgan fingerprint density at radius 2 is 2.14 bits per heavy atom. The highest BCUT2D eigenvalue weighted by Crippen LogP contribution is 2.19. The van der Waals surface area contributed by atoms with Crippen LogP contribution in [-0.2, 0) is 0 Å². The second kappa shape index (κ2) is 7.99. The standard InChI is InChI=1S/C16H31N3O2/c1-13-5-3-8-18(11-13)9-4-7-17-16(21)19-10-6-15(12-19)14(2)20/h13-15,20H,3-12H2,1-2H3,(H,17,21)/t13-,14+,15+/m1/s1. The molecule has 2 aliphatic rings. The molecule has 122 valence electrons. The van der Waals surface area contributed by atoms with Crippen molar-refractivity contribution in [2.75, 3.05) is 39.3 Å². The molecule has 5 nitrogen and oxygen atoms in total. The monoisotopic (exact) mass is 297 g/mol. The first kappa shape index (κ1) is 16.6. The number of hydrogen-bond acceptors (Lipinski definition) is 3. The van der Waals surface area contributed by atoms with Crippen LogP contribution in [0.2, 0.25) is 0 Å². The molecule has 0 spiro atoms. The maximum atomic E-state index is 12.0. The van der Waals surface area contributed by atoms with Gasteiger partial charge in [0.1, 0.15) is 0 Å². The summed E-state index contributed by atoms with van der Waals surface area (Å²) in [6, 6.07) is 0.0326. The van der Waals surface area contributed by atoms with Crippen molar-refractivity contribution in [1.29, 1.82) is 0 Å². The van der Waals surface area contributed by atoms with Crippen LogP contribution in [0.3, 0.4) is 0 Å². The van der Waals surface area contributed by atoms with E-state index >= 15 is 0 Å². The van der Waals surface area contributed by atoms with E-state index in [1.54, 1.807) is 0 Å². The SMILES string of the molecule is C[C@@H]1CCCN(CCCNC(=O)N2CC[C@H]([C@H](C)O)C2)C1. The van der Waals surface area contributed by atoms with Crippen LogP contribution in [0.5, 0.6) is 0 Å². The van der Waals surface area contributed by atoms with Gasteiger partial charge in [-0.25, -0.2) is 4.79 Å². The molecule has 0 aliphatic carbocycles. The number of amides is 2. The summed E-state index contributed by atoms with van der Waals surface area (Å²) >= 11 is 0. The molecule has 2 amide bonds. The Morgan fingerprint density at radius 3 is 2.81 bits per heavy atom. The van der Waals surface area contributed by atoms with Gasteiger partial charge in [-0.15, -0.1) is 0 Å². The van der Waals surface area contributed by atoms with Gasteiger partial charge in [0.25, 0.3) is 0 Å². The van der Waals surface area contributed by atoms with Gasteiger partial charge in [0, 0.05) is 32.1 Å². The van der Waals surface area contributed by atoms with Crippen LogP contribution in [0.4, 0.5) is 4.79 Å². The number of hydrogen-bond donors (Lipinski definition) is 2. The predicted octanol–water partition coefficient (Wildman–Crippen LogP) is 1.52. The molecule has 2 saturated heterocycles. The van der Waals surface area contributed by atoms with Crippen molar-refractivity contribution >= 4 is 6.03 Å². The van der Waals surface area contributed by atoms with E-state index in [9.17, 15) is 9.90 Å². The number of aliphatic hydroxyl groups is 1. The lowest BCUT2D eigenvalue weighted by Gasteiger charge is -2.30. The third-order valence-electron chi connectivity index (χ3n) is 4.86. The fraction of sp³-hybridized carbons (Fsp3) is 0.938. The number of carbonyl (C=O) groups excluding carboxylic acids is 1. The summed E-state index contributed by atoms with van der Waals surface area (Å²) in [7, 11) is 0. The van der Waals surface area contributed by atoms with E-state index in [-0.39, 0.29) is 18.1 Å². The van der Waals surface area contributed by atoms with Crippen molar-refractivity contribution in [1.82, 2.24) is 15.1 Å². The van der Waals surface area contributed by atoms with E-state index in [0.717, 1.165) is 38.4 Å². The molecule has 3 atom stereocenters. The predicted molar refractivity (Wildman–Crippen MR) is 84.2 cm³/mol. The van der Waals surface area contributed by atoms with Crippen molar-refractivity contribution < 1.29 is 9.90 Å². The average molecular weight is 297 g/mol. The van der Waals surface area contributed by atoms with Gasteiger partial charge in [-0.3, -0.25) is 0 Å². The fourth-order valence-electron chi connectivity index (χ4n) is 3.47. The number of carbonyl (C=O) groups is 1. The van der Waals surface area contributed by atoms with Crippen LogP contribution >= 0.6 is 0 Å². The second-order valence-electron chi connectivity index (χ2n) is 6.87. The molecule has 0 aromatic rings. The van der Waals surface area contributed by atoms with Crippen LogP contribution in [0, 0.1) is 11.8 Å². The second-order valence-corrected chi connectivity index (χ2v) is 6.87. The zero-order valence-electron chi connectivity index (χ0n) is 13.6. The number of nitrogens with zero attached hydrogens (tertiary/aromatic N) is 2. The number of aliphatic hydroxyl groups excluding tert-OH is 1. The Kier molecular flexibility index (Phi) is 6.30. The maximum absolute atomic E-state index is 12.0. The van der Waals surface area contributed by atoms with Crippen LogP contribution < -0.4 is 5.32 Å². The normalized spacial score (nSPS) is 28.6. The van der Waals surface area contributed by atoms with Crippen molar-refractivity contribution in [2.24, 2.45) is 11.8 Å². The smallest absolute Gasteiger partial charge is 0.317 e. The summed E-state index contributed by atoms with van der Waals surface area (Å²) in [4.78, 5) is 16.4. The van der Waals surface area contributed by atoms with Crippen molar-refractivity contribution in [3.05, 3.63) is 0 Å². The highest BCUT2D eigenvalue weighted by molar-refractivity contribution is 5.74. The first-order valence-electron chi connectivity index (χ1n) is 8.49. The lowest BCUT2D eigenvalue weighted by Crippen LogP contribution is -2.41. The highest BCUT2D eigenvalue weighted by atomic mass is 16.3. The number of urea groups is 1. The summed E-state index contributed by atoms with van der Waals surface area (Å²) in [5.74, 6) is 1.06. The average Bonchev–Trinajstić information content (AvgIpc) is 2.93. The molecule has 21 heavy (non-hydrogen) atoms. The molecule has 0 aromatic carbocycles. The molecule has 0 radical (unpaired) electrons. The fourth-order valence-corrected chi connectivity index (χ4v) is 3.47. The van der Waals surface area contributed by atoms with Gasteiger partial charge in [0.05, 0.1) is 6.10 Å². The molecule has 0 saturated carbocycles. The maximum Gasteiger partial charge on any atom is 0.317 e. The molecular formula is C16H31N3O2. The van der Waals surface area contributed by atoms with E-state index in [1.165, 1.54) is 25.9 Å². The summed E-state index contributed by atoms with van der Waals surface area (Å²) in [5, 5.41) is 12.6. The van der Waals surface area contributed by atoms with Crippen molar-refractivity contribution in [3.63, 3.8) is 0 Å². The van der Waals surface area contributed by atoms with E-state index < -0.39 is 0 Å². The Morgan fingerprint density at radius 1 is 1.33 bits per heavy atom. The minimum Gasteiger partial charge on any atom is -0.393 e. The van der Waals surface area contributed by atoms with Gasteiger partial charge in [0.15, 0.2) is 0 Å². The molecule has 5 heteroatoms. The van der Waals surface area contributed by atoms with Gasteiger partial charge in [0.2, 0.25) is 0 Å². The topological polar surface area (TPSA) is 55.8 Å². The van der Waals surface area contributed by atoms with Crippen LogP contribution in [0.1, 0.15) is 39.5 Å². The zero-order chi connectivity index (χ0) is 15.2. The van der Waals surface area contributed by atoms with Crippen LogP contribution in [-0.4, -0.2) is 66.3 Å². The summed E-state index contributed by atoms with van der Waals surface area (Å²) in [5.41, 5.74) is 0. The molecular weight excluding hydrogens is 266 g/mol. The van der Waals surface area contributed by atoms with E-state index in [1.807, 2.05) is 11.8 Å². The number of likely N-dealkylation sites (tertiary alicyclic amines) is 2. The molecule has 0 bridgehead atoms. The van der Waals surface area contributed by atoms with E-state index in [2.05, 4.69) is 17.1 Å². The Balaban J connectivity index is 1.57. The largest absolute Gasteiger partial charge is 0.393 e. The molecule has 2 aliphatic heterocycles. The zero-order valence-corrected chi connectivity index (χ0v) is 13.6. The summed E-state index contributed by atoms with van der Waals surface area (Å²) in [6.07, 6.45) is 4.28. The lowest BCUT2D eigenvalue weighted by molar-refractivity contribution is 0.129. The quantitative estimate of drug-likeness (QED) is 0.757. The number of nitrogens with one attached hydrogen (secondary N) is 1. The highest BCUT2D eigenvalue weighted by Gasteiger charge is 2.28. The van der Waals surface area contributed by atoms with Gasteiger partial charge in [-0.2, -0.15) is 0 Å². The van der Waals surface area contributed by atoms with Gasteiger partial charge < -0.3 is 20.2 Å². The molecule has 0 aromatic heterocycles. The Labute approximate surface area is 128 Å². The summed E-state index contributed by atoms with van der Waals surface area (Å²) < 4.78 is 0. The van der Waals surface area contributed by atoms with Crippen LogP contribution in [0.15, 0.2) is 0 Å². The Bertz CT molecular complexity index is 335. The van der Waals surface area contributed by atoms with E-state index in [0.29, 0.717) is 6.54 Å². The van der Waals surface area contributed by atoms with E-state index in [4.69, 9.17) is 0 Å². The van der Waals surface area contributed by atoms with Gasteiger partial charge in [-0.05, 0) is 51.6 Å². The minimum atomic E-state index is -0.316. The number of piperidine rings is 1. The molecule has 2 heterocycles. The van der Waals surface area contributed by atoms with Crippen molar-refractivity contribution in [3.8, 4) is 0 Å². The number of rotatable bonds is 5. The third-order valence-corrected chi connectivity index (χ3v) is 4.86. The Hall–Kier alpha value is -0.810.